The minimum Gasteiger partial charge on any atom is -0.247 e. The number of hydrogen-bond acceptors (Lipinski definition) is 4. The van der Waals surface area contributed by atoms with Gasteiger partial charge in [-0.1, -0.05) is 13.0 Å². The van der Waals surface area contributed by atoms with Crippen molar-refractivity contribution in [2.75, 3.05) is 0 Å². The van der Waals surface area contributed by atoms with E-state index in [9.17, 15) is 9.18 Å². The number of halogens is 1. The van der Waals surface area contributed by atoms with Gasteiger partial charge in [0.15, 0.2) is 0 Å². The van der Waals surface area contributed by atoms with Gasteiger partial charge < -0.3 is 0 Å². The van der Waals surface area contributed by atoms with Crippen molar-refractivity contribution < 1.29 is 4.39 Å². The molecule has 0 aliphatic rings. The SMILES string of the molecule is CCCn1ncn(-c2ccc(-c3cncnc3)cc2F)c1=O. The zero-order valence-electron chi connectivity index (χ0n) is 12.0. The minimum absolute atomic E-state index is 0.174. The van der Waals surface area contributed by atoms with Gasteiger partial charge in [0.05, 0.1) is 5.69 Å². The molecule has 2 aromatic heterocycles. The second-order valence-corrected chi connectivity index (χ2v) is 4.80. The molecule has 0 fully saturated rings. The third-order valence-corrected chi connectivity index (χ3v) is 3.27. The molecule has 1 aromatic carbocycles. The first-order chi connectivity index (χ1) is 10.7. The predicted molar refractivity (Wildman–Crippen MR) is 79.1 cm³/mol. The van der Waals surface area contributed by atoms with E-state index in [2.05, 4.69) is 15.1 Å². The van der Waals surface area contributed by atoms with Crippen LogP contribution in [-0.2, 0) is 6.54 Å². The molecule has 0 aliphatic carbocycles. The Morgan fingerprint density at radius 3 is 2.64 bits per heavy atom. The summed E-state index contributed by atoms with van der Waals surface area (Å²) in [4.78, 5) is 20.0. The highest BCUT2D eigenvalue weighted by Crippen LogP contribution is 2.21. The molecule has 0 radical (unpaired) electrons. The molecule has 0 N–H and O–H groups in total. The zero-order valence-corrected chi connectivity index (χ0v) is 12.0. The summed E-state index contributed by atoms with van der Waals surface area (Å²) in [5, 5.41) is 3.98. The fraction of sp³-hybridized carbons (Fsp3) is 0.200. The fourth-order valence-corrected chi connectivity index (χ4v) is 2.20. The molecule has 0 bridgehead atoms. The highest BCUT2D eigenvalue weighted by Gasteiger charge is 2.12. The molecule has 7 heteroatoms. The largest absolute Gasteiger partial charge is 0.350 e. The monoisotopic (exact) mass is 299 g/mol. The van der Waals surface area contributed by atoms with Crippen molar-refractivity contribution >= 4 is 0 Å². The molecule has 112 valence electrons. The molecule has 0 amide bonds. The quantitative estimate of drug-likeness (QED) is 0.739. The average molecular weight is 299 g/mol. The second kappa shape index (κ2) is 5.88. The first-order valence-corrected chi connectivity index (χ1v) is 6.90. The number of hydrogen-bond donors (Lipinski definition) is 0. The predicted octanol–water partition coefficient (Wildman–Crippen LogP) is 2.04. The van der Waals surface area contributed by atoms with Crippen LogP contribution in [0.2, 0.25) is 0 Å². The van der Waals surface area contributed by atoms with Crippen LogP contribution >= 0.6 is 0 Å². The molecule has 0 saturated heterocycles. The van der Waals surface area contributed by atoms with Gasteiger partial charge in [-0.3, -0.25) is 0 Å². The van der Waals surface area contributed by atoms with Crippen LogP contribution in [0.5, 0.6) is 0 Å². The molecule has 3 rings (SSSR count). The van der Waals surface area contributed by atoms with Crippen LogP contribution in [0.15, 0.2) is 48.0 Å². The maximum Gasteiger partial charge on any atom is 0.350 e. The standard InChI is InChI=1S/C15H14FN5O/c1-2-5-21-15(22)20(10-19-21)14-4-3-11(6-13(14)16)12-7-17-9-18-8-12/h3-4,6-10H,2,5H2,1H3. The van der Waals surface area contributed by atoms with Crippen molar-refractivity contribution in [2.45, 2.75) is 19.9 Å². The summed E-state index contributed by atoms with van der Waals surface area (Å²) in [6.07, 6.45) is 6.74. The van der Waals surface area contributed by atoms with Gasteiger partial charge in [0.1, 0.15) is 18.5 Å². The van der Waals surface area contributed by atoms with Crippen LogP contribution in [0.4, 0.5) is 4.39 Å². The summed E-state index contributed by atoms with van der Waals surface area (Å²) in [5.74, 6) is -0.500. The number of aryl methyl sites for hydroxylation is 1. The first kappa shape index (κ1) is 14.1. The topological polar surface area (TPSA) is 65.6 Å². The fourth-order valence-electron chi connectivity index (χ4n) is 2.20. The van der Waals surface area contributed by atoms with Gasteiger partial charge in [0.25, 0.3) is 0 Å². The van der Waals surface area contributed by atoms with E-state index < -0.39 is 5.82 Å². The lowest BCUT2D eigenvalue weighted by molar-refractivity contribution is 0.574. The minimum atomic E-state index is -0.500. The lowest BCUT2D eigenvalue weighted by Crippen LogP contribution is -2.24. The normalized spacial score (nSPS) is 10.8. The molecule has 2 heterocycles. The molecule has 0 spiro atoms. The van der Waals surface area contributed by atoms with Crippen LogP contribution < -0.4 is 5.69 Å². The Bertz CT molecular complexity index is 841. The van der Waals surface area contributed by atoms with E-state index in [-0.39, 0.29) is 11.4 Å². The number of rotatable bonds is 4. The summed E-state index contributed by atoms with van der Waals surface area (Å²) in [7, 11) is 0. The van der Waals surface area contributed by atoms with Gasteiger partial charge >= 0.3 is 5.69 Å². The summed E-state index contributed by atoms with van der Waals surface area (Å²) in [6, 6.07) is 4.63. The second-order valence-electron chi connectivity index (χ2n) is 4.80. The van der Waals surface area contributed by atoms with Crippen LogP contribution in [-0.4, -0.2) is 24.3 Å². The zero-order chi connectivity index (χ0) is 15.5. The van der Waals surface area contributed by atoms with Crippen molar-refractivity contribution in [3.8, 4) is 16.8 Å². The van der Waals surface area contributed by atoms with Gasteiger partial charge in [0.2, 0.25) is 0 Å². The van der Waals surface area contributed by atoms with Crippen molar-refractivity contribution in [3.63, 3.8) is 0 Å². The third kappa shape index (κ3) is 2.52. The van der Waals surface area contributed by atoms with Gasteiger partial charge in [-0.25, -0.2) is 28.4 Å². The van der Waals surface area contributed by atoms with Gasteiger partial charge in [-0.15, -0.1) is 0 Å². The van der Waals surface area contributed by atoms with E-state index >= 15 is 0 Å². The Labute approximate surface area is 125 Å². The van der Waals surface area contributed by atoms with E-state index in [4.69, 9.17) is 0 Å². The number of aromatic nitrogens is 5. The van der Waals surface area contributed by atoms with Crippen molar-refractivity contribution in [1.82, 2.24) is 24.3 Å². The molecular weight excluding hydrogens is 285 g/mol. The molecule has 22 heavy (non-hydrogen) atoms. The van der Waals surface area contributed by atoms with Crippen molar-refractivity contribution in [1.29, 1.82) is 0 Å². The highest BCUT2D eigenvalue weighted by molar-refractivity contribution is 5.63. The van der Waals surface area contributed by atoms with Crippen LogP contribution in [0.25, 0.3) is 16.8 Å². The number of benzene rings is 1. The van der Waals surface area contributed by atoms with E-state index in [1.54, 1.807) is 24.5 Å². The summed E-state index contributed by atoms with van der Waals surface area (Å²) in [6.45, 7) is 2.45. The van der Waals surface area contributed by atoms with E-state index in [1.807, 2.05) is 6.92 Å². The van der Waals surface area contributed by atoms with E-state index in [0.717, 1.165) is 6.42 Å². The maximum atomic E-state index is 14.4. The van der Waals surface area contributed by atoms with E-state index in [0.29, 0.717) is 17.7 Å². The Balaban J connectivity index is 2.01. The Morgan fingerprint density at radius 2 is 1.95 bits per heavy atom. The van der Waals surface area contributed by atoms with E-state index in [1.165, 1.54) is 28.0 Å². The molecule has 0 saturated carbocycles. The number of nitrogens with zero attached hydrogens (tertiary/aromatic N) is 5. The van der Waals surface area contributed by atoms with Crippen LogP contribution in [0.3, 0.4) is 0 Å². The molecule has 0 atom stereocenters. The maximum absolute atomic E-state index is 14.4. The van der Waals surface area contributed by atoms with Crippen LogP contribution in [0.1, 0.15) is 13.3 Å². The Kier molecular flexibility index (Phi) is 3.78. The third-order valence-electron chi connectivity index (χ3n) is 3.27. The first-order valence-electron chi connectivity index (χ1n) is 6.90. The smallest absolute Gasteiger partial charge is 0.247 e. The van der Waals surface area contributed by atoms with Gasteiger partial charge in [-0.2, -0.15) is 5.10 Å². The average Bonchev–Trinajstić information content (AvgIpc) is 2.90. The molecule has 3 aromatic rings. The Morgan fingerprint density at radius 1 is 1.18 bits per heavy atom. The lowest BCUT2D eigenvalue weighted by Gasteiger charge is -2.05. The summed E-state index contributed by atoms with van der Waals surface area (Å²) >= 11 is 0. The molecule has 0 unspecified atom stereocenters. The van der Waals surface area contributed by atoms with Crippen LogP contribution in [0, 0.1) is 5.82 Å². The summed E-state index contributed by atoms with van der Waals surface area (Å²) < 4.78 is 16.9. The van der Waals surface area contributed by atoms with Crippen molar-refractivity contribution in [2.24, 2.45) is 0 Å². The molecule has 0 aliphatic heterocycles. The molecular formula is C15H14FN5O. The molecule has 6 nitrogen and oxygen atoms in total. The lowest BCUT2D eigenvalue weighted by atomic mass is 10.1. The van der Waals surface area contributed by atoms with Crippen molar-refractivity contribution in [3.05, 3.63) is 59.5 Å². The van der Waals surface area contributed by atoms with Gasteiger partial charge in [-0.05, 0) is 24.1 Å². The summed E-state index contributed by atoms with van der Waals surface area (Å²) in [5.41, 5.74) is 1.18. The van der Waals surface area contributed by atoms with Gasteiger partial charge in [0, 0.05) is 24.5 Å². The highest BCUT2D eigenvalue weighted by atomic mass is 19.1. The Hall–Kier alpha value is -2.83.